The SMILES string of the molecule is CC(C)CNc1ccnc(NC(=O)c2csc(-c3ccccc3)n2)n1. The first kappa shape index (κ1) is 17.0. The molecule has 7 heteroatoms. The molecule has 3 aromatic rings. The number of rotatable bonds is 6. The Morgan fingerprint density at radius 3 is 2.72 bits per heavy atom. The molecule has 0 aliphatic carbocycles. The van der Waals surface area contributed by atoms with Crippen molar-refractivity contribution < 1.29 is 4.79 Å². The lowest BCUT2D eigenvalue weighted by Gasteiger charge is -2.09. The maximum Gasteiger partial charge on any atom is 0.277 e. The second-order valence-corrected chi connectivity index (χ2v) is 6.76. The minimum atomic E-state index is -0.320. The summed E-state index contributed by atoms with van der Waals surface area (Å²) in [6.07, 6.45) is 1.61. The van der Waals surface area contributed by atoms with E-state index in [0.717, 1.165) is 17.1 Å². The van der Waals surface area contributed by atoms with Crippen molar-refractivity contribution in [3.8, 4) is 10.6 Å². The van der Waals surface area contributed by atoms with Crippen LogP contribution in [0.1, 0.15) is 24.3 Å². The normalized spacial score (nSPS) is 10.7. The number of anilines is 2. The summed E-state index contributed by atoms with van der Waals surface area (Å²) in [6.45, 7) is 5.03. The summed E-state index contributed by atoms with van der Waals surface area (Å²) in [7, 11) is 0. The fourth-order valence-corrected chi connectivity index (χ4v) is 2.89. The molecule has 2 aromatic heterocycles. The molecule has 0 fully saturated rings. The van der Waals surface area contributed by atoms with Crippen LogP contribution in [0, 0.1) is 5.92 Å². The van der Waals surface area contributed by atoms with Gasteiger partial charge in [-0.15, -0.1) is 11.3 Å². The van der Waals surface area contributed by atoms with Gasteiger partial charge in [0.2, 0.25) is 5.95 Å². The number of benzene rings is 1. The van der Waals surface area contributed by atoms with E-state index in [9.17, 15) is 4.79 Å². The molecule has 0 unspecified atom stereocenters. The first-order valence-electron chi connectivity index (χ1n) is 8.01. The van der Waals surface area contributed by atoms with E-state index in [2.05, 4.69) is 39.4 Å². The molecule has 1 aromatic carbocycles. The number of thiazole rings is 1. The number of aromatic nitrogens is 3. The largest absolute Gasteiger partial charge is 0.370 e. The standard InChI is InChI=1S/C18H19N5OS/c1-12(2)10-20-15-8-9-19-18(22-15)23-16(24)14-11-25-17(21-14)13-6-4-3-5-7-13/h3-9,11-12H,10H2,1-2H3,(H2,19,20,22,23,24). The fraction of sp³-hybridized carbons (Fsp3) is 0.222. The van der Waals surface area contributed by atoms with Crippen molar-refractivity contribution in [2.75, 3.05) is 17.2 Å². The van der Waals surface area contributed by atoms with Gasteiger partial charge in [-0.1, -0.05) is 44.2 Å². The zero-order valence-electron chi connectivity index (χ0n) is 14.1. The van der Waals surface area contributed by atoms with E-state index in [1.54, 1.807) is 17.6 Å². The Morgan fingerprint density at radius 1 is 1.16 bits per heavy atom. The molecule has 3 rings (SSSR count). The molecule has 128 valence electrons. The van der Waals surface area contributed by atoms with Crippen LogP contribution in [0.2, 0.25) is 0 Å². The van der Waals surface area contributed by atoms with Crippen molar-refractivity contribution >= 4 is 29.0 Å². The summed E-state index contributed by atoms with van der Waals surface area (Å²) in [5, 5.41) is 8.44. The van der Waals surface area contributed by atoms with Crippen molar-refractivity contribution in [3.05, 3.63) is 53.7 Å². The summed E-state index contributed by atoms with van der Waals surface area (Å²) in [5.74, 6) is 1.12. The van der Waals surface area contributed by atoms with Crippen LogP contribution in [-0.4, -0.2) is 27.4 Å². The van der Waals surface area contributed by atoms with E-state index in [1.807, 2.05) is 30.3 Å². The average molecular weight is 353 g/mol. The fourth-order valence-electron chi connectivity index (χ4n) is 2.08. The summed E-state index contributed by atoms with van der Waals surface area (Å²) < 4.78 is 0. The average Bonchev–Trinajstić information content (AvgIpc) is 3.11. The Labute approximate surface area is 150 Å². The van der Waals surface area contributed by atoms with Crippen LogP contribution in [0.3, 0.4) is 0 Å². The quantitative estimate of drug-likeness (QED) is 0.702. The van der Waals surface area contributed by atoms with Crippen LogP contribution in [-0.2, 0) is 0 Å². The van der Waals surface area contributed by atoms with Gasteiger partial charge in [0.1, 0.15) is 16.5 Å². The van der Waals surface area contributed by atoms with Crippen LogP contribution in [0.25, 0.3) is 10.6 Å². The van der Waals surface area contributed by atoms with Gasteiger partial charge in [-0.2, -0.15) is 4.98 Å². The topological polar surface area (TPSA) is 79.8 Å². The number of hydrogen-bond acceptors (Lipinski definition) is 6. The van der Waals surface area contributed by atoms with Crippen LogP contribution >= 0.6 is 11.3 Å². The monoisotopic (exact) mass is 353 g/mol. The highest BCUT2D eigenvalue weighted by atomic mass is 32.1. The Hall–Kier alpha value is -2.80. The Balaban J connectivity index is 1.68. The van der Waals surface area contributed by atoms with Crippen LogP contribution < -0.4 is 10.6 Å². The minimum Gasteiger partial charge on any atom is -0.370 e. The highest BCUT2D eigenvalue weighted by Gasteiger charge is 2.13. The van der Waals surface area contributed by atoms with Crippen molar-refractivity contribution in [3.63, 3.8) is 0 Å². The number of nitrogens with one attached hydrogen (secondary N) is 2. The summed E-state index contributed by atoms with van der Waals surface area (Å²) in [5.41, 5.74) is 1.34. The molecular formula is C18H19N5OS. The first-order chi connectivity index (χ1) is 12.1. The van der Waals surface area contributed by atoms with E-state index < -0.39 is 0 Å². The van der Waals surface area contributed by atoms with Gasteiger partial charge in [0, 0.05) is 23.7 Å². The van der Waals surface area contributed by atoms with Gasteiger partial charge in [0.05, 0.1) is 0 Å². The van der Waals surface area contributed by atoms with Crippen molar-refractivity contribution in [2.24, 2.45) is 5.92 Å². The Kier molecular flexibility index (Phi) is 5.35. The maximum atomic E-state index is 12.4. The Morgan fingerprint density at radius 2 is 1.96 bits per heavy atom. The highest BCUT2D eigenvalue weighted by molar-refractivity contribution is 7.13. The van der Waals surface area contributed by atoms with Gasteiger partial charge < -0.3 is 5.32 Å². The molecule has 0 spiro atoms. The lowest BCUT2D eigenvalue weighted by Crippen LogP contribution is -2.16. The summed E-state index contributed by atoms with van der Waals surface area (Å²) in [6, 6.07) is 11.5. The van der Waals surface area contributed by atoms with E-state index in [-0.39, 0.29) is 11.9 Å². The van der Waals surface area contributed by atoms with Gasteiger partial charge in [-0.25, -0.2) is 9.97 Å². The molecule has 0 saturated carbocycles. The van der Waals surface area contributed by atoms with Crippen molar-refractivity contribution in [1.82, 2.24) is 15.0 Å². The second-order valence-electron chi connectivity index (χ2n) is 5.90. The molecule has 0 saturated heterocycles. The Bertz CT molecular complexity index is 847. The number of hydrogen-bond donors (Lipinski definition) is 2. The number of carbonyl (C=O) groups excluding carboxylic acids is 1. The van der Waals surface area contributed by atoms with Gasteiger partial charge >= 0.3 is 0 Å². The van der Waals surface area contributed by atoms with Gasteiger partial charge in [-0.05, 0) is 12.0 Å². The van der Waals surface area contributed by atoms with E-state index in [4.69, 9.17) is 0 Å². The van der Waals surface area contributed by atoms with E-state index in [0.29, 0.717) is 17.4 Å². The highest BCUT2D eigenvalue weighted by Crippen LogP contribution is 2.23. The van der Waals surface area contributed by atoms with E-state index >= 15 is 0 Å². The summed E-state index contributed by atoms with van der Waals surface area (Å²) in [4.78, 5) is 25.1. The van der Waals surface area contributed by atoms with Gasteiger partial charge in [-0.3, -0.25) is 10.1 Å². The molecule has 1 amide bonds. The number of nitrogens with zero attached hydrogens (tertiary/aromatic N) is 3. The zero-order valence-corrected chi connectivity index (χ0v) is 14.9. The molecule has 2 heterocycles. The van der Waals surface area contributed by atoms with E-state index in [1.165, 1.54) is 11.3 Å². The van der Waals surface area contributed by atoms with Crippen LogP contribution in [0.15, 0.2) is 48.0 Å². The molecule has 6 nitrogen and oxygen atoms in total. The van der Waals surface area contributed by atoms with Crippen LogP contribution in [0.4, 0.5) is 11.8 Å². The van der Waals surface area contributed by atoms with Crippen molar-refractivity contribution in [1.29, 1.82) is 0 Å². The molecule has 2 N–H and O–H groups in total. The molecular weight excluding hydrogens is 334 g/mol. The number of amides is 1. The second kappa shape index (κ2) is 7.85. The molecule has 0 atom stereocenters. The predicted molar refractivity (Wildman–Crippen MR) is 101 cm³/mol. The minimum absolute atomic E-state index is 0.257. The van der Waals surface area contributed by atoms with Gasteiger partial charge in [0.25, 0.3) is 5.91 Å². The van der Waals surface area contributed by atoms with Crippen molar-refractivity contribution in [2.45, 2.75) is 13.8 Å². The predicted octanol–water partition coefficient (Wildman–Crippen LogP) is 3.92. The first-order valence-corrected chi connectivity index (χ1v) is 8.89. The van der Waals surface area contributed by atoms with Gasteiger partial charge in [0.15, 0.2) is 0 Å². The smallest absolute Gasteiger partial charge is 0.277 e. The summed E-state index contributed by atoms with van der Waals surface area (Å²) >= 11 is 1.43. The third kappa shape index (κ3) is 4.60. The molecule has 0 bridgehead atoms. The maximum absolute atomic E-state index is 12.4. The molecule has 25 heavy (non-hydrogen) atoms. The third-order valence-corrected chi connectivity index (χ3v) is 4.22. The van der Waals surface area contributed by atoms with Crippen LogP contribution in [0.5, 0.6) is 0 Å². The lowest BCUT2D eigenvalue weighted by molar-refractivity contribution is 0.102. The molecule has 0 aliphatic rings. The number of carbonyl (C=O) groups is 1. The third-order valence-electron chi connectivity index (χ3n) is 3.33. The zero-order chi connectivity index (χ0) is 17.6. The lowest BCUT2D eigenvalue weighted by atomic mass is 10.2. The molecule has 0 aliphatic heterocycles. The molecule has 0 radical (unpaired) electrons.